The van der Waals surface area contributed by atoms with Crippen LogP contribution < -0.4 is 0 Å². The molecule has 0 saturated heterocycles. The van der Waals surface area contributed by atoms with Crippen molar-refractivity contribution in [1.82, 2.24) is 0 Å². The van der Waals surface area contributed by atoms with Crippen LogP contribution >= 0.6 is 11.6 Å². The summed E-state index contributed by atoms with van der Waals surface area (Å²) in [4.78, 5) is 12.7. The molecule has 0 aliphatic heterocycles. The second kappa shape index (κ2) is 5.59. The summed E-state index contributed by atoms with van der Waals surface area (Å²) in [5, 5.41) is 1.33. The lowest BCUT2D eigenvalue weighted by molar-refractivity contribution is 0.0981. The van der Waals surface area contributed by atoms with E-state index < -0.39 is 15.6 Å². The third kappa shape index (κ3) is 2.91. The van der Waals surface area contributed by atoms with Gasteiger partial charge in [0.2, 0.25) is 0 Å². The van der Waals surface area contributed by atoms with Crippen LogP contribution in [-0.4, -0.2) is 16.4 Å². The van der Waals surface area contributed by atoms with E-state index in [1.165, 1.54) is 6.26 Å². The lowest BCUT2D eigenvalue weighted by atomic mass is 10.2. The summed E-state index contributed by atoms with van der Waals surface area (Å²) in [6.45, 7) is 0. The largest absolute Gasteiger partial charge is 0.451 e. The Hall–Kier alpha value is -2.11. The van der Waals surface area contributed by atoms with E-state index in [0.717, 1.165) is 5.39 Å². The topological polar surface area (TPSA) is 59.6 Å². The molecule has 112 valence electrons. The molecule has 0 aliphatic rings. The fourth-order valence-electron chi connectivity index (χ4n) is 2.03. The number of hydrogen-bond donors (Lipinski definition) is 0. The Morgan fingerprint density at radius 1 is 1.14 bits per heavy atom. The molecule has 0 radical (unpaired) electrons. The van der Waals surface area contributed by atoms with Crippen molar-refractivity contribution in [2.24, 2.45) is 4.36 Å². The number of amides is 1. The molecular formula is C16H12ClNO3S. The zero-order valence-electron chi connectivity index (χ0n) is 11.7. The van der Waals surface area contributed by atoms with E-state index in [-0.39, 0.29) is 5.76 Å². The van der Waals surface area contributed by atoms with Crippen molar-refractivity contribution < 1.29 is 13.4 Å². The second-order valence-corrected chi connectivity index (χ2v) is 7.50. The van der Waals surface area contributed by atoms with Gasteiger partial charge < -0.3 is 4.42 Å². The van der Waals surface area contributed by atoms with Crippen molar-refractivity contribution in [2.45, 2.75) is 4.90 Å². The van der Waals surface area contributed by atoms with Crippen LogP contribution in [0.25, 0.3) is 11.0 Å². The van der Waals surface area contributed by atoms with Gasteiger partial charge in [-0.2, -0.15) is 4.36 Å². The van der Waals surface area contributed by atoms with Crippen LogP contribution in [0.2, 0.25) is 5.02 Å². The van der Waals surface area contributed by atoms with Crippen molar-refractivity contribution in [3.05, 3.63) is 65.4 Å². The van der Waals surface area contributed by atoms with E-state index in [4.69, 9.17) is 16.0 Å². The first-order chi connectivity index (χ1) is 10.5. The van der Waals surface area contributed by atoms with Crippen molar-refractivity contribution in [3.8, 4) is 0 Å². The lowest BCUT2D eigenvalue weighted by Gasteiger charge is -2.03. The van der Waals surface area contributed by atoms with Crippen molar-refractivity contribution in [2.75, 3.05) is 6.26 Å². The Morgan fingerprint density at radius 2 is 1.82 bits per heavy atom. The number of rotatable bonds is 2. The number of carbonyl (C=O) groups is 1. The van der Waals surface area contributed by atoms with Gasteiger partial charge in [-0.25, -0.2) is 4.21 Å². The minimum atomic E-state index is -2.86. The molecule has 0 aliphatic carbocycles. The number of nitrogens with zero attached hydrogens (tertiary/aromatic N) is 1. The van der Waals surface area contributed by atoms with Crippen LogP contribution in [0.3, 0.4) is 0 Å². The molecule has 0 spiro atoms. The van der Waals surface area contributed by atoms with Gasteiger partial charge in [-0.15, -0.1) is 0 Å². The third-order valence-electron chi connectivity index (χ3n) is 3.14. The van der Waals surface area contributed by atoms with Gasteiger partial charge in [0.1, 0.15) is 5.58 Å². The molecule has 1 atom stereocenters. The van der Waals surface area contributed by atoms with Crippen LogP contribution in [0.15, 0.2) is 68.3 Å². The number of halogens is 1. The first kappa shape index (κ1) is 14.8. The highest BCUT2D eigenvalue weighted by Crippen LogP contribution is 2.21. The molecule has 0 fully saturated rings. The van der Waals surface area contributed by atoms with Gasteiger partial charge in [0.05, 0.1) is 9.73 Å². The summed E-state index contributed by atoms with van der Waals surface area (Å²) < 4.78 is 21.9. The van der Waals surface area contributed by atoms with Gasteiger partial charge in [-0.3, -0.25) is 4.79 Å². The first-order valence-corrected chi connectivity index (χ1v) is 8.76. The molecule has 4 nitrogen and oxygen atoms in total. The standard InChI is InChI=1S/C16H12ClNO3S/c1-22(20,13-8-6-12(17)7-9-13)18-16(19)15-10-11-4-2-3-5-14(11)21-15/h2-10H,1H3. The molecule has 1 heterocycles. The normalized spacial score (nSPS) is 13.7. The number of hydrogen-bond acceptors (Lipinski definition) is 3. The van der Waals surface area contributed by atoms with E-state index in [2.05, 4.69) is 4.36 Å². The van der Waals surface area contributed by atoms with Crippen LogP contribution in [0, 0.1) is 0 Å². The predicted octanol–water partition coefficient (Wildman–Crippen LogP) is 4.38. The Morgan fingerprint density at radius 3 is 2.50 bits per heavy atom. The van der Waals surface area contributed by atoms with E-state index in [1.807, 2.05) is 18.2 Å². The van der Waals surface area contributed by atoms with Crippen LogP contribution in [0.1, 0.15) is 10.6 Å². The number of benzene rings is 2. The molecule has 0 saturated carbocycles. The minimum Gasteiger partial charge on any atom is -0.451 e. The summed E-state index contributed by atoms with van der Waals surface area (Å²) in [6.07, 6.45) is 1.41. The predicted molar refractivity (Wildman–Crippen MR) is 86.8 cm³/mol. The molecule has 1 aromatic heterocycles. The van der Waals surface area contributed by atoms with E-state index in [0.29, 0.717) is 15.5 Å². The lowest BCUT2D eigenvalue weighted by Crippen LogP contribution is -2.03. The maximum atomic E-state index is 12.6. The van der Waals surface area contributed by atoms with Crippen molar-refractivity contribution >= 4 is 38.2 Å². The molecule has 1 unspecified atom stereocenters. The molecule has 1 amide bonds. The van der Waals surface area contributed by atoms with Gasteiger partial charge in [0.25, 0.3) is 0 Å². The third-order valence-corrected chi connectivity index (χ3v) is 5.06. The summed E-state index contributed by atoms with van der Waals surface area (Å²) in [7, 11) is -2.86. The SMILES string of the molecule is CS(=O)(=NC(=O)c1cc2ccccc2o1)c1ccc(Cl)cc1. The van der Waals surface area contributed by atoms with Gasteiger partial charge in [0.15, 0.2) is 5.76 Å². The zero-order valence-corrected chi connectivity index (χ0v) is 13.2. The van der Waals surface area contributed by atoms with E-state index >= 15 is 0 Å². The van der Waals surface area contributed by atoms with Crippen LogP contribution in [0.4, 0.5) is 0 Å². The van der Waals surface area contributed by atoms with E-state index in [1.54, 1.807) is 36.4 Å². The average molecular weight is 334 g/mol. The number of para-hydroxylation sites is 1. The van der Waals surface area contributed by atoms with Crippen molar-refractivity contribution in [1.29, 1.82) is 0 Å². The second-order valence-electron chi connectivity index (χ2n) is 4.80. The monoisotopic (exact) mass is 333 g/mol. The molecule has 3 rings (SSSR count). The first-order valence-electron chi connectivity index (χ1n) is 6.46. The van der Waals surface area contributed by atoms with Gasteiger partial charge >= 0.3 is 5.91 Å². The maximum Gasteiger partial charge on any atom is 0.321 e. The molecule has 22 heavy (non-hydrogen) atoms. The molecule has 0 N–H and O–H groups in total. The summed E-state index contributed by atoms with van der Waals surface area (Å²) in [6, 6.07) is 15.3. The van der Waals surface area contributed by atoms with Gasteiger partial charge in [0, 0.05) is 21.6 Å². The van der Waals surface area contributed by atoms with Gasteiger partial charge in [-0.05, 0) is 36.4 Å². The maximum absolute atomic E-state index is 12.6. The van der Waals surface area contributed by atoms with E-state index in [9.17, 15) is 9.00 Å². The molecular weight excluding hydrogens is 322 g/mol. The quantitative estimate of drug-likeness (QED) is 0.699. The highest BCUT2D eigenvalue weighted by Gasteiger charge is 2.15. The molecule has 2 aromatic carbocycles. The highest BCUT2D eigenvalue weighted by atomic mass is 35.5. The Labute approximate surface area is 132 Å². The molecule has 3 aromatic rings. The molecule has 0 bridgehead atoms. The Bertz CT molecular complexity index is 933. The fourth-order valence-corrected chi connectivity index (χ4v) is 3.31. The number of carbonyl (C=O) groups excluding carboxylic acids is 1. The summed E-state index contributed by atoms with van der Waals surface area (Å²) in [5.74, 6) is -0.566. The van der Waals surface area contributed by atoms with Crippen molar-refractivity contribution in [3.63, 3.8) is 0 Å². The fraction of sp³-hybridized carbons (Fsp3) is 0.0625. The minimum absolute atomic E-state index is 0.0738. The van der Waals surface area contributed by atoms with Crippen LogP contribution in [-0.2, 0) is 9.73 Å². The Kier molecular flexibility index (Phi) is 3.76. The molecule has 6 heteroatoms. The Balaban J connectivity index is 2.00. The number of furan rings is 1. The van der Waals surface area contributed by atoms with Crippen LogP contribution in [0.5, 0.6) is 0 Å². The van der Waals surface area contributed by atoms with Gasteiger partial charge in [-0.1, -0.05) is 29.8 Å². The summed E-state index contributed by atoms with van der Waals surface area (Å²) >= 11 is 5.80. The number of fused-ring (bicyclic) bond motifs is 1. The highest BCUT2D eigenvalue weighted by molar-refractivity contribution is 7.93. The zero-order chi connectivity index (χ0) is 15.7. The smallest absolute Gasteiger partial charge is 0.321 e. The average Bonchev–Trinajstić information content (AvgIpc) is 2.91. The summed E-state index contributed by atoms with van der Waals surface area (Å²) in [5.41, 5.74) is 0.593.